The van der Waals surface area contributed by atoms with Crippen molar-refractivity contribution in [2.45, 2.75) is 58.9 Å². The first-order valence-corrected chi connectivity index (χ1v) is 13.6. The van der Waals surface area contributed by atoms with Gasteiger partial charge in [0.2, 0.25) is 0 Å². The molecule has 3 nitrogen and oxygen atoms in total. The molecule has 0 spiro atoms. The van der Waals surface area contributed by atoms with Gasteiger partial charge in [-0.2, -0.15) is 11.1 Å². The smallest absolute Gasteiger partial charge is 0.155 e. The highest BCUT2D eigenvalue weighted by Gasteiger charge is 2.32. The average Bonchev–Trinajstić information content (AvgIpc) is 3.21. The van der Waals surface area contributed by atoms with E-state index in [4.69, 9.17) is 16.2 Å². The number of hydrogen-bond acceptors (Lipinski definition) is 3. The first-order valence-electron chi connectivity index (χ1n) is 9.57. The zero-order valence-corrected chi connectivity index (χ0v) is 19.5. The van der Waals surface area contributed by atoms with E-state index in [1.54, 1.807) is 18.3 Å². The van der Waals surface area contributed by atoms with E-state index >= 15 is 0 Å². The summed E-state index contributed by atoms with van der Waals surface area (Å²) in [5, 5.41) is 9.38. The summed E-state index contributed by atoms with van der Waals surface area (Å²) in [6.45, 7) is 14.7. The number of aliphatic imine (C=N–C) groups is 2. The van der Waals surface area contributed by atoms with E-state index in [1.165, 1.54) is 22.3 Å². The molecule has 2 heterocycles. The van der Waals surface area contributed by atoms with Crippen LogP contribution < -0.4 is 0 Å². The Hall–Kier alpha value is -1.91. The van der Waals surface area contributed by atoms with E-state index in [0.29, 0.717) is 10.8 Å². The molecule has 2 aliphatic rings. The number of rotatable bonds is 0. The summed E-state index contributed by atoms with van der Waals surface area (Å²) in [7, 11) is -1.39. The molecule has 1 N–H and O–H groups in total. The van der Waals surface area contributed by atoms with Crippen molar-refractivity contribution in [3.8, 4) is 5.75 Å². The number of benzene rings is 2. The van der Waals surface area contributed by atoms with Gasteiger partial charge in [-0.25, -0.2) is 0 Å². The highest BCUT2D eigenvalue weighted by molar-refractivity contribution is 7.20. The highest BCUT2D eigenvalue weighted by Crippen LogP contribution is 2.38. The molecule has 28 heavy (non-hydrogen) atoms. The summed E-state index contributed by atoms with van der Waals surface area (Å²) < 4.78 is 0. The lowest BCUT2D eigenvalue weighted by Gasteiger charge is -2.29. The van der Waals surface area contributed by atoms with E-state index in [-0.39, 0.29) is 0 Å². The number of fused-ring (bicyclic) bond motifs is 2. The molecular weight excluding hydrogens is 384 g/mol. The minimum absolute atomic E-state index is 0.312. The maximum atomic E-state index is 9.03. The van der Waals surface area contributed by atoms with Crippen LogP contribution >= 0.6 is 11.1 Å². The molecule has 0 fully saturated rings. The summed E-state index contributed by atoms with van der Waals surface area (Å²) >= 11 is 6.15. The quantitative estimate of drug-likeness (QED) is 0.389. The van der Waals surface area contributed by atoms with Gasteiger partial charge in [-0.05, 0) is 40.8 Å². The van der Waals surface area contributed by atoms with Crippen molar-refractivity contribution in [1.82, 2.24) is 0 Å². The van der Waals surface area contributed by atoms with E-state index in [9.17, 15) is 0 Å². The third-order valence-electron chi connectivity index (χ3n) is 5.20. The molecule has 2 aromatic carbocycles. The molecule has 150 valence electrons. The Balaban J connectivity index is 0.000000152. The minimum Gasteiger partial charge on any atom is -0.508 e. The largest absolute Gasteiger partial charge is 0.508 e. The highest BCUT2D eigenvalue weighted by atomic mass is 35.6. The van der Waals surface area contributed by atoms with Crippen LogP contribution in [0.4, 0.5) is 0 Å². The molecular formula is C23H31ClN2OSi. The predicted octanol–water partition coefficient (Wildman–Crippen LogP) is 6.48. The number of phenolic OH excluding ortho intramolecular Hbond substituents is 1. The summed E-state index contributed by atoms with van der Waals surface area (Å²) in [5.41, 5.74) is 6.19. The number of aryl methyl sites for hydroxylation is 1. The van der Waals surface area contributed by atoms with Gasteiger partial charge in [0.05, 0.1) is 13.1 Å². The molecule has 2 aliphatic heterocycles. The van der Waals surface area contributed by atoms with Crippen molar-refractivity contribution in [2.24, 2.45) is 9.98 Å². The van der Waals surface area contributed by atoms with Crippen LogP contribution in [0, 0.1) is 6.92 Å². The molecule has 0 aromatic heterocycles. The van der Waals surface area contributed by atoms with Crippen LogP contribution in [0.3, 0.4) is 0 Å². The molecule has 0 saturated heterocycles. The lowest BCUT2D eigenvalue weighted by Crippen LogP contribution is -2.29. The second kappa shape index (κ2) is 9.06. The Kier molecular flexibility index (Phi) is 7.24. The fourth-order valence-electron chi connectivity index (χ4n) is 2.31. The summed E-state index contributed by atoms with van der Waals surface area (Å²) in [5.74, 6) is 0.312. The SMILES string of the molecule is CC(C)(C)[Si](C)(C)Cl.Cc1ccc2c(c1)C=NC2.Oc1ccc2c(c1)C=NC2. The van der Waals surface area contributed by atoms with E-state index in [0.717, 1.165) is 18.7 Å². The van der Waals surface area contributed by atoms with Gasteiger partial charge in [-0.1, -0.05) is 63.7 Å². The Morgan fingerprint density at radius 1 is 0.893 bits per heavy atom. The third-order valence-corrected chi connectivity index (χ3v) is 10.5. The normalized spacial score (nSPS) is 13.8. The van der Waals surface area contributed by atoms with Crippen LogP contribution in [0.15, 0.2) is 46.4 Å². The second-order valence-electron chi connectivity index (χ2n) is 8.75. The minimum atomic E-state index is -1.39. The van der Waals surface area contributed by atoms with Gasteiger partial charge in [0.25, 0.3) is 0 Å². The second-order valence-corrected chi connectivity index (χ2v) is 16.0. The van der Waals surface area contributed by atoms with Crippen LogP contribution in [0.2, 0.25) is 18.1 Å². The van der Waals surface area contributed by atoms with Gasteiger partial charge in [0.1, 0.15) is 5.75 Å². The topological polar surface area (TPSA) is 45.0 Å². The van der Waals surface area contributed by atoms with E-state index < -0.39 is 7.38 Å². The zero-order chi connectivity index (χ0) is 20.9. The Bertz CT molecular complexity index is 804. The van der Waals surface area contributed by atoms with Crippen LogP contribution in [0.25, 0.3) is 0 Å². The first-order chi connectivity index (χ1) is 13.0. The first kappa shape index (κ1) is 22.4. The molecule has 0 aliphatic carbocycles. The maximum absolute atomic E-state index is 9.03. The predicted molar refractivity (Wildman–Crippen MR) is 125 cm³/mol. The van der Waals surface area contributed by atoms with Gasteiger partial charge < -0.3 is 5.11 Å². The Morgan fingerprint density at radius 2 is 1.36 bits per heavy atom. The number of halogens is 1. The van der Waals surface area contributed by atoms with Gasteiger partial charge >= 0.3 is 0 Å². The number of nitrogens with zero attached hydrogens (tertiary/aromatic N) is 2. The van der Waals surface area contributed by atoms with Crippen molar-refractivity contribution >= 4 is 30.9 Å². The summed E-state index contributed by atoms with van der Waals surface area (Å²) in [6.07, 6.45) is 3.73. The van der Waals surface area contributed by atoms with Crippen molar-refractivity contribution in [3.63, 3.8) is 0 Å². The lowest BCUT2D eigenvalue weighted by molar-refractivity contribution is 0.475. The number of phenols is 1. The zero-order valence-electron chi connectivity index (χ0n) is 17.8. The fraction of sp³-hybridized carbons (Fsp3) is 0.391. The molecule has 0 radical (unpaired) electrons. The van der Waals surface area contributed by atoms with Crippen molar-refractivity contribution in [3.05, 3.63) is 64.2 Å². The third kappa shape index (κ3) is 6.32. The fourth-order valence-corrected chi connectivity index (χ4v) is 2.31. The standard InChI is InChI=1S/C9H9N.C8H7NO.C6H15ClSi/c1-7-2-3-8-5-10-6-9(8)4-7;10-8-2-1-6-4-9-5-7(6)3-8;1-6(2,3)8(4,5)7/h2-4,6H,5H2,1H3;1-3,5,10H,4H2;1-5H3. The molecule has 4 rings (SSSR count). The van der Waals surface area contributed by atoms with Gasteiger partial charge in [-0.3, -0.25) is 9.98 Å². The molecule has 0 saturated carbocycles. The molecule has 0 unspecified atom stereocenters. The maximum Gasteiger partial charge on any atom is 0.155 e. The van der Waals surface area contributed by atoms with Gasteiger partial charge in [0, 0.05) is 18.0 Å². The lowest BCUT2D eigenvalue weighted by atomic mass is 10.1. The molecule has 2 aromatic rings. The summed E-state index contributed by atoms with van der Waals surface area (Å²) in [4.78, 5) is 8.22. The molecule has 5 heteroatoms. The van der Waals surface area contributed by atoms with Gasteiger partial charge in [-0.15, -0.1) is 0 Å². The monoisotopic (exact) mass is 414 g/mol. The van der Waals surface area contributed by atoms with Gasteiger partial charge in [0.15, 0.2) is 7.38 Å². The molecule has 0 bridgehead atoms. The molecule has 0 amide bonds. The summed E-state index contributed by atoms with van der Waals surface area (Å²) in [6, 6.07) is 11.8. The number of aromatic hydroxyl groups is 1. The van der Waals surface area contributed by atoms with Crippen LogP contribution in [-0.4, -0.2) is 24.9 Å². The Labute approximate surface area is 174 Å². The Morgan fingerprint density at radius 3 is 1.86 bits per heavy atom. The molecule has 0 atom stereocenters. The van der Waals surface area contributed by atoms with Crippen molar-refractivity contribution in [1.29, 1.82) is 0 Å². The van der Waals surface area contributed by atoms with Crippen LogP contribution in [0.5, 0.6) is 5.75 Å². The van der Waals surface area contributed by atoms with Crippen LogP contribution in [-0.2, 0) is 13.1 Å². The van der Waals surface area contributed by atoms with Crippen molar-refractivity contribution in [2.75, 3.05) is 0 Å². The number of hydrogen-bond donors (Lipinski definition) is 1. The average molecular weight is 415 g/mol. The van der Waals surface area contributed by atoms with E-state index in [1.807, 2.05) is 12.3 Å². The van der Waals surface area contributed by atoms with Crippen LogP contribution in [0.1, 0.15) is 48.6 Å². The van der Waals surface area contributed by atoms with Crippen molar-refractivity contribution < 1.29 is 5.11 Å². The van der Waals surface area contributed by atoms with E-state index in [2.05, 4.69) is 69.0 Å².